The van der Waals surface area contributed by atoms with Crippen LogP contribution in [0.2, 0.25) is 0 Å². The summed E-state index contributed by atoms with van der Waals surface area (Å²) in [6.45, 7) is 1.76. The molecule has 0 aliphatic rings. The van der Waals surface area contributed by atoms with E-state index in [0.717, 1.165) is 26.8 Å². The second kappa shape index (κ2) is 4.79. The molecule has 3 nitrogen and oxygen atoms in total. The Kier molecular flexibility index (Phi) is 3.12. The highest BCUT2D eigenvalue weighted by Crippen LogP contribution is 2.27. The summed E-state index contributed by atoms with van der Waals surface area (Å²) in [6, 6.07) is 13.9. The molecular weight excluding hydrogens is 304 g/mol. The summed E-state index contributed by atoms with van der Waals surface area (Å²) >= 11 is 3.50. The van der Waals surface area contributed by atoms with E-state index in [-0.39, 0.29) is 0 Å². The van der Waals surface area contributed by atoms with Gasteiger partial charge < -0.3 is 5.11 Å². The van der Waals surface area contributed by atoms with Gasteiger partial charge in [0.25, 0.3) is 0 Å². The van der Waals surface area contributed by atoms with Crippen molar-refractivity contribution in [1.29, 1.82) is 0 Å². The van der Waals surface area contributed by atoms with Crippen LogP contribution in [0, 0.1) is 0 Å². The van der Waals surface area contributed by atoms with Crippen LogP contribution in [-0.4, -0.2) is 14.7 Å². The maximum absolute atomic E-state index is 9.65. The molecule has 0 fully saturated rings. The van der Waals surface area contributed by atoms with E-state index in [0.29, 0.717) is 0 Å². The minimum atomic E-state index is -0.483. The number of aliphatic hydroxyl groups excluding tert-OH is 1. The Morgan fingerprint density at radius 2 is 2.00 bits per heavy atom. The highest BCUT2D eigenvalue weighted by Gasteiger charge is 2.09. The smallest absolute Gasteiger partial charge is 0.100 e. The van der Waals surface area contributed by atoms with E-state index in [1.54, 1.807) is 6.92 Å². The number of benzene rings is 2. The Morgan fingerprint density at radius 3 is 2.74 bits per heavy atom. The molecule has 1 heterocycles. The first-order chi connectivity index (χ1) is 9.16. The third-order valence-corrected chi connectivity index (χ3v) is 3.85. The predicted octanol–water partition coefficient (Wildman–Crippen LogP) is 3.84. The van der Waals surface area contributed by atoms with E-state index in [2.05, 4.69) is 20.9 Å². The minimum Gasteiger partial charge on any atom is -0.389 e. The molecule has 1 aromatic heterocycles. The maximum atomic E-state index is 9.65. The van der Waals surface area contributed by atoms with E-state index < -0.39 is 6.10 Å². The van der Waals surface area contributed by atoms with Gasteiger partial charge in [-0.3, -0.25) is 4.57 Å². The molecule has 19 heavy (non-hydrogen) atoms. The van der Waals surface area contributed by atoms with Crippen LogP contribution in [0.25, 0.3) is 16.7 Å². The number of aromatic nitrogens is 2. The number of halogens is 1. The number of fused-ring (bicyclic) bond motifs is 1. The molecule has 0 amide bonds. The highest BCUT2D eigenvalue weighted by atomic mass is 79.9. The molecule has 0 spiro atoms. The highest BCUT2D eigenvalue weighted by molar-refractivity contribution is 9.10. The zero-order valence-corrected chi connectivity index (χ0v) is 12.0. The number of hydrogen-bond donors (Lipinski definition) is 1. The van der Waals surface area contributed by atoms with Crippen LogP contribution in [0.4, 0.5) is 0 Å². The van der Waals surface area contributed by atoms with Crippen LogP contribution >= 0.6 is 15.9 Å². The first-order valence-electron chi connectivity index (χ1n) is 6.07. The van der Waals surface area contributed by atoms with E-state index >= 15 is 0 Å². The normalized spacial score (nSPS) is 12.8. The lowest BCUT2D eigenvalue weighted by atomic mass is 10.1. The molecule has 0 radical (unpaired) electrons. The molecule has 0 bridgehead atoms. The van der Waals surface area contributed by atoms with Crippen LogP contribution in [0.1, 0.15) is 18.6 Å². The van der Waals surface area contributed by atoms with Crippen molar-refractivity contribution in [3.63, 3.8) is 0 Å². The van der Waals surface area contributed by atoms with Crippen molar-refractivity contribution in [2.45, 2.75) is 13.0 Å². The van der Waals surface area contributed by atoms with E-state index in [1.165, 1.54) is 0 Å². The standard InChI is InChI=1S/C15H13BrN2O/c1-10(19)12-7-6-11(8-13(12)16)18-9-17-14-4-2-3-5-15(14)18/h2-10,19H,1H3/t10-/m0/s1. The molecule has 0 aliphatic heterocycles. The van der Waals surface area contributed by atoms with Crippen molar-refractivity contribution in [3.8, 4) is 5.69 Å². The van der Waals surface area contributed by atoms with Crippen LogP contribution in [-0.2, 0) is 0 Å². The van der Waals surface area contributed by atoms with Gasteiger partial charge in [0.2, 0.25) is 0 Å². The van der Waals surface area contributed by atoms with Crippen molar-refractivity contribution in [1.82, 2.24) is 9.55 Å². The molecule has 2 aromatic carbocycles. The van der Waals surface area contributed by atoms with Gasteiger partial charge in [-0.1, -0.05) is 34.1 Å². The zero-order chi connectivity index (χ0) is 13.4. The van der Waals surface area contributed by atoms with Crippen molar-refractivity contribution < 1.29 is 5.11 Å². The van der Waals surface area contributed by atoms with Crippen molar-refractivity contribution in [3.05, 3.63) is 58.8 Å². The average Bonchev–Trinajstić information content (AvgIpc) is 2.82. The number of imidazole rings is 1. The summed E-state index contributed by atoms with van der Waals surface area (Å²) in [5.74, 6) is 0. The monoisotopic (exact) mass is 316 g/mol. The Morgan fingerprint density at radius 1 is 1.21 bits per heavy atom. The summed E-state index contributed by atoms with van der Waals surface area (Å²) in [5.41, 5.74) is 3.94. The fourth-order valence-electron chi connectivity index (χ4n) is 2.17. The Balaban J connectivity index is 2.14. The second-order valence-corrected chi connectivity index (χ2v) is 5.34. The molecular formula is C15H13BrN2O. The minimum absolute atomic E-state index is 0.483. The molecule has 4 heteroatoms. The molecule has 3 aromatic rings. The van der Waals surface area contributed by atoms with E-state index in [1.807, 2.05) is 53.4 Å². The molecule has 3 rings (SSSR count). The van der Waals surface area contributed by atoms with Gasteiger partial charge in [0.15, 0.2) is 0 Å². The summed E-state index contributed by atoms with van der Waals surface area (Å²) in [7, 11) is 0. The molecule has 0 saturated carbocycles. The Labute approximate surface area is 119 Å². The predicted molar refractivity (Wildman–Crippen MR) is 79.4 cm³/mol. The Bertz CT molecular complexity index is 734. The quantitative estimate of drug-likeness (QED) is 0.780. The topological polar surface area (TPSA) is 38.0 Å². The average molecular weight is 317 g/mol. The maximum Gasteiger partial charge on any atom is 0.100 e. The van der Waals surface area contributed by atoms with Gasteiger partial charge in [-0.15, -0.1) is 0 Å². The molecule has 96 valence electrons. The van der Waals surface area contributed by atoms with Gasteiger partial charge in [-0.2, -0.15) is 0 Å². The molecule has 0 unspecified atom stereocenters. The molecule has 0 aliphatic carbocycles. The summed E-state index contributed by atoms with van der Waals surface area (Å²) in [6.07, 6.45) is 1.33. The zero-order valence-electron chi connectivity index (χ0n) is 10.4. The van der Waals surface area contributed by atoms with Gasteiger partial charge >= 0.3 is 0 Å². The van der Waals surface area contributed by atoms with Crippen LogP contribution in [0.3, 0.4) is 0 Å². The fourth-order valence-corrected chi connectivity index (χ4v) is 2.87. The van der Waals surface area contributed by atoms with Gasteiger partial charge in [0, 0.05) is 10.2 Å². The van der Waals surface area contributed by atoms with Gasteiger partial charge in [0.05, 0.1) is 17.1 Å². The van der Waals surface area contributed by atoms with E-state index in [4.69, 9.17) is 0 Å². The van der Waals surface area contributed by atoms with Gasteiger partial charge in [-0.25, -0.2) is 4.98 Å². The van der Waals surface area contributed by atoms with Crippen molar-refractivity contribution in [2.24, 2.45) is 0 Å². The van der Waals surface area contributed by atoms with Crippen molar-refractivity contribution in [2.75, 3.05) is 0 Å². The first kappa shape index (κ1) is 12.4. The van der Waals surface area contributed by atoms with Crippen LogP contribution < -0.4 is 0 Å². The van der Waals surface area contributed by atoms with Crippen LogP contribution in [0.5, 0.6) is 0 Å². The van der Waals surface area contributed by atoms with Gasteiger partial charge in [-0.05, 0) is 36.8 Å². The second-order valence-electron chi connectivity index (χ2n) is 4.49. The Hall–Kier alpha value is -1.65. The number of nitrogens with zero attached hydrogens (tertiary/aromatic N) is 2. The fraction of sp³-hybridized carbons (Fsp3) is 0.133. The lowest BCUT2D eigenvalue weighted by molar-refractivity contribution is 0.198. The first-order valence-corrected chi connectivity index (χ1v) is 6.86. The van der Waals surface area contributed by atoms with Gasteiger partial charge in [0.1, 0.15) is 6.33 Å². The lowest BCUT2D eigenvalue weighted by Gasteiger charge is -2.10. The number of aliphatic hydroxyl groups is 1. The summed E-state index contributed by atoms with van der Waals surface area (Å²) in [4.78, 5) is 4.38. The third kappa shape index (κ3) is 2.17. The molecule has 1 N–H and O–H groups in total. The molecule has 1 atom stereocenters. The summed E-state index contributed by atoms with van der Waals surface area (Å²) in [5, 5.41) is 9.65. The number of para-hydroxylation sites is 2. The number of hydrogen-bond acceptors (Lipinski definition) is 2. The largest absolute Gasteiger partial charge is 0.389 e. The van der Waals surface area contributed by atoms with Crippen molar-refractivity contribution >= 4 is 27.0 Å². The third-order valence-electron chi connectivity index (χ3n) is 3.17. The molecule has 0 saturated heterocycles. The van der Waals surface area contributed by atoms with E-state index in [9.17, 15) is 5.11 Å². The SMILES string of the molecule is C[C@H](O)c1ccc(-n2cnc3ccccc32)cc1Br. The summed E-state index contributed by atoms with van der Waals surface area (Å²) < 4.78 is 2.93. The van der Waals surface area contributed by atoms with Crippen LogP contribution in [0.15, 0.2) is 53.3 Å². The number of rotatable bonds is 2. The lowest BCUT2D eigenvalue weighted by Crippen LogP contribution is -1.96.